The highest BCUT2D eigenvalue weighted by molar-refractivity contribution is 5.10. The molecule has 2 bridgehead atoms. The van der Waals surface area contributed by atoms with Gasteiger partial charge < -0.3 is 10.2 Å². The first-order valence-corrected chi connectivity index (χ1v) is 5.34. The van der Waals surface area contributed by atoms with Crippen molar-refractivity contribution in [3.05, 3.63) is 0 Å². The van der Waals surface area contributed by atoms with E-state index in [9.17, 15) is 5.11 Å². The van der Waals surface area contributed by atoms with Gasteiger partial charge in [0, 0.05) is 6.61 Å². The van der Waals surface area contributed by atoms with Crippen molar-refractivity contribution in [2.75, 3.05) is 6.61 Å². The van der Waals surface area contributed by atoms with Crippen LogP contribution in [0.15, 0.2) is 0 Å². The number of rotatable bonds is 2. The highest BCUT2D eigenvalue weighted by Gasteiger charge is 2.59. The molecular formula is C11H20O2. The molecule has 2 aliphatic rings. The summed E-state index contributed by atoms with van der Waals surface area (Å²) in [6, 6.07) is 0. The molecule has 2 rings (SSSR count). The fourth-order valence-electron chi connectivity index (χ4n) is 3.76. The molecule has 0 spiro atoms. The van der Waals surface area contributed by atoms with Gasteiger partial charge in [0.05, 0.1) is 5.60 Å². The summed E-state index contributed by atoms with van der Waals surface area (Å²) in [7, 11) is 0. The number of aliphatic hydroxyl groups excluding tert-OH is 1. The molecule has 76 valence electrons. The van der Waals surface area contributed by atoms with Gasteiger partial charge in [-0.2, -0.15) is 0 Å². The average Bonchev–Trinajstić information content (AvgIpc) is 2.37. The molecule has 0 aromatic rings. The summed E-state index contributed by atoms with van der Waals surface area (Å²) in [4.78, 5) is 0. The van der Waals surface area contributed by atoms with Gasteiger partial charge in [0.1, 0.15) is 0 Å². The maximum absolute atomic E-state index is 10.4. The number of aliphatic hydroxyl groups is 2. The third kappa shape index (κ3) is 1.15. The molecule has 0 amide bonds. The fraction of sp³-hybridized carbons (Fsp3) is 1.00. The lowest BCUT2D eigenvalue weighted by Crippen LogP contribution is -2.38. The van der Waals surface area contributed by atoms with Gasteiger partial charge in [0.25, 0.3) is 0 Å². The van der Waals surface area contributed by atoms with Crippen LogP contribution in [0.5, 0.6) is 0 Å². The van der Waals surface area contributed by atoms with Crippen molar-refractivity contribution in [2.24, 2.45) is 17.3 Å². The molecule has 3 atom stereocenters. The number of fused-ring (bicyclic) bond motifs is 2. The Morgan fingerprint density at radius 2 is 2.00 bits per heavy atom. The molecule has 0 unspecified atom stereocenters. The van der Waals surface area contributed by atoms with Crippen LogP contribution >= 0.6 is 0 Å². The Balaban J connectivity index is 2.21. The van der Waals surface area contributed by atoms with E-state index in [0.29, 0.717) is 23.7 Å². The SMILES string of the molecule is CC1(C)[C@H]2CC[C@@H]1[C@](O)(CCO)C2. The van der Waals surface area contributed by atoms with Gasteiger partial charge in [-0.1, -0.05) is 13.8 Å². The summed E-state index contributed by atoms with van der Waals surface area (Å²) in [6.07, 6.45) is 3.89. The maximum Gasteiger partial charge on any atom is 0.0705 e. The average molecular weight is 184 g/mol. The van der Waals surface area contributed by atoms with Gasteiger partial charge in [-0.05, 0) is 42.9 Å². The minimum Gasteiger partial charge on any atom is -0.396 e. The van der Waals surface area contributed by atoms with Crippen molar-refractivity contribution in [2.45, 2.75) is 45.1 Å². The first kappa shape index (κ1) is 9.47. The van der Waals surface area contributed by atoms with Crippen LogP contribution < -0.4 is 0 Å². The quantitative estimate of drug-likeness (QED) is 0.683. The maximum atomic E-state index is 10.4. The second kappa shape index (κ2) is 2.71. The van der Waals surface area contributed by atoms with E-state index < -0.39 is 5.60 Å². The van der Waals surface area contributed by atoms with E-state index in [1.54, 1.807) is 0 Å². The van der Waals surface area contributed by atoms with Crippen LogP contribution in [0.1, 0.15) is 39.5 Å². The van der Waals surface area contributed by atoms with E-state index in [0.717, 1.165) is 12.8 Å². The molecule has 2 N–H and O–H groups in total. The summed E-state index contributed by atoms with van der Waals surface area (Å²) >= 11 is 0. The van der Waals surface area contributed by atoms with Gasteiger partial charge in [0.2, 0.25) is 0 Å². The van der Waals surface area contributed by atoms with Gasteiger partial charge in [-0.15, -0.1) is 0 Å². The lowest BCUT2D eigenvalue weighted by molar-refractivity contribution is -0.0428. The van der Waals surface area contributed by atoms with Crippen LogP contribution in [0, 0.1) is 17.3 Å². The molecule has 2 saturated carbocycles. The molecule has 2 nitrogen and oxygen atoms in total. The lowest BCUT2D eigenvalue weighted by atomic mass is 9.77. The summed E-state index contributed by atoms with van der Waals surface area (Å²) in [6.45, 7) is 4.66. The van der Waals surface area contributed by atoms with Crippen LogP contribution in [0.2, 0.25) is 0 Å². The zero-order valence-electron chi connectivity index (χ0n) is 8.58. The summed E-state index contributed by atoms with van der Waals surface area (Å²) < 4.78 is 0. The summed E-state index contributed by atoms with van der Waals surface area (Å²) in [5, 5.41) is 19.3. The third-order valence-corrected chi connectivity index (χ3v) is 4.55. The second-order valence-electron chi connectivity index (χ2n) is 5.43. The zero-order chi connectivity index (χ0) is 9.69. The van der Waals surface area contributed by atoms with Crippen LogP contribution in [0.25, 0.3) is 0 Å². The molecule has 0 heterocycles. The minimum absolute atomic E-state index is 0.121. The van der Waals surface area contributed by atoms with Crippen LogP contribution in [-0.4, -0.2) is 22.4 Å². The Labute approximate surface area is 80.0 Å². The van der Waals surface area contributed by atoms with Gasteiger partial charge in [-0.3, -0.25) is 0 Å². The summed E-state index contributed by atoms with van der Waals surface area (Å²) in [5.41, 5.74) is -0.259. The topological polar surface area (TPSA) is 40.5 Å². The Morgan fingerprint density at radius 1 is 1.31 bits per heavy atom. The van der Waals surface area contributed by atoms with Crippen LogP contribution in [-0.2, 0) is 0 Å². The van der Waals surface area contributed by atoms with Crippen molar-refractivity contribution < 1.29 is 10.2 Å². The Morgan fingerprint density at radius 3 is 2.38 bits per heavy atom. The normalized spacial score (nSPS) is 47.1. The molecule has 2 heteroatoms. The predicted molar refractivity (Wildman–Crippen MR) is 51.3 cm³/mol. The highest BCUT2D eigenvalue weighted by Crippen LogP contribution is 2.62. The first-order valence-electron chi connectivity index (χ1n) is 5.34. The van der Waals surface area contributed by atoms with Crippen LogP contribution in [0.3, 0.4) is 0 Å². The predicted octanol–water partition coefficient (Wildman–Crippen LogP) is 1.56. The molecule has 0 radical (unpaired) electrons. The largest absolute Gasteiger partial charge is 0.396 e. The van der Waals surface area contributed by atoms with E-state index in [-0.39, 0.29) is 6.61 Å². The van der Waals surface area contributed by atoms with Gasteiger partial charge in [0.15, 0.2) is 0 Å². The van der Waals surface area contributed by atoms with Crippen molar-refractivity contribution >= 4 is 0 Å². The second-order valence-corrected chi connectivity index (χ2v) is 5.43. The van der Waals surface area contributed by atoms with E-state index in [2.05, 4.69) is 13.8 Å². The standard InChI is InChI=1S/C11H20O2/c1-10(2)8-3-4-9(10)11(13,7-8)5-6-12/h8-9,12-13H,3-7H2,1-2H3/t8-,9-,11-/m0/s1. The monoisotopic (exact) mass is 184 g/mol. The van der Waals surface area contributed by atoms with E-state index >= 15 is 0 Å². The molecule has 2 aliphatic carbocycles. The third-order valence-electron chi connectivity index (χ3n) is 4.55. The van der Waals surface area contributed by atoms with Crippen LogP contribution in [0.4, 0.5) is 0 Å². The molecule has 13 heavy (non-hydrogen) atoms. The van der Waals surface area contributed by atoms with E-state index in [1.165, 1.54) is 6.42 Å². The lowest BCUT2D eigenvalue weighted by Gasteiger charge is -2.34. The van der Waals surface area contributed by atoms with Gasteiger partial charge in [-0.25, -0.2) is 0 Å². The molecule has 0 aliphatic heterocycles. The van der Waals surface area contributed by atoms with Crippen molar-refractivity contribution in [3.8, 4) is 0 Å². The van der Waals surface area contributed by atoms with E-state index in [4.69, 9.17) is 5.11 Å². The van der Waals surface area contributed by atoms with Crippen molar-refractivity contribution in [1.29, 1.82) is 0 Å². The highest BCUT2D eigenvalue weighted by atomic mass is 16.3. The Hall–Kier alpha value is -0.0800. The molecule has 2 fully saturated rings. The molecule has 0 saturated heterocycles. The molecule has 0 aromatic heterocycles. The fourth-order valence-corrected chi connectivity index (χ4v) is 3.76. The Bertz CT molecular complexity index is 212. The van der Waals surface area contributed by atoms with E-state index in [1.807, 2.05) is 0 Å². The smallest absolute Gasteiger partial charge is 0.0705 e. The number of hydrogen-bond acceptors (Lipinski definition) is 2. The van der Waals surface area contributed by atoms with Crippen molar-refractivity contribution in [1.82, 2.24) is 0 Å². The minimum atomic E-state index is -0.554. The summed E-state index contributed by atoms with van der Waals surface area (Å²) in [5.74, 6) is 1.09. The zero-order valence-corrected chi connectivity index (χ0v) is 8.58. The molecule has 0 aromatic carbocycles. The van der Waals surface area contributed by atoms with Crippen molar-refractivity contribution in [3.63, 3.8) is 0 Å². The first-order chi connectivity index (χ1) is 6.00. The number of hydrogen-bond donors (Lipinski definition) is 2. The molecular weight excluding hydrogens is 164 g/mol. The van der Waals surface area contributed by atoms with Gasteiger partial charge >= 0.3 is 0 Å². The Kier molecular flexibility index (Phi) is 1.97.